The summed E-state index contributed by atoms with van der Waals surface area (Å²) in [5.74, 6) is 1.17. The number of rotatable bonds is 7. The predicted molar refractivity (Wildman–Crippen MR) is 142 cm³/mol. The second-order valence-electron chi connectivity index (χ2n) is 11.2. The van der Waals surface area contributed by atoms with Gasteiger partial charge in [-0.25, -0.2) is 28.2 Å². The summed E-state index contributed by atoms with van der Waals surface area (Å²) in [5.41, 5.74) is 7.79. The first-order chi connectivity index (χ1) is 18.0. The third kappa shape index (κ3) is 4.47. The van der Waals surface area contributed by atoms with Crippen molar-refractivity contribution in [3.63, 3.8) is 0 Å². The maximum atomic E-state index is 12.5. The molecular formula is C27H31N5O5S. The number of sulfone groups is 1. The number of nitrogens with zero attached hydrogens (tertiary/aromatic N) is 3. The number of pyridine rings is 3. The Hall–Kier alpha value is -3.31. The van der Waals surface area contributed by atoms with Crippen LogP contribution >= 0.6 is 0 Å². The third-order valence-corrected chi connectivity index (χ3v) is 10.3. The number of nitrogens with two attached hydrogens (primary N) is 1. The van der Waals surface area contributed by atoms with E-state index in [4.69, 9.17) is 15.2 Å². The fraction of sp³-hybridized carbons (Fsp3) is 0.481. The minimum Gasteiger partial charge on any atom is -0.474 e. The fourth-order valence-electron chi connectivity index (χ4n) is 5.08. The van der Waals surface area contributed by atoms with Gasteiger partial charge in [-0.2, -0.15) is 0 Å². The molecule has 11 heteroatoms. The number of aromatic nitrogens is 3. The molecule has 1 atom stereocenters. The van der Waals surface area contributed by atoms with Crippen molar-refractivity contribution in [2.45, 2.75) is 74.5 Å². The Balaban J connectivity index is 1.28. The van der Waals surface area contributed by atoms with Crippen molar-refractivity contribution < 1.29 is 22.7 Å². The number of cyclic esters (lactones) is 1. The highest BCUT2D eigenvalue weighted by atomic mass is 32.2. The van der Waals surface area contributed by atoms with Gasteiger partial charge in [-0.1, -0.05) is 6.92 Å². The normalized spacial score (nSPS) is 23.4. The minimum atomic E-state index is -3.04. The van der Waals surface area contributed by atoms with Gasteiger partial charge in [-0.3, -0.25) is 0 Å². The molecule has 0 saturated heterocycles. The van der Waals surface area contributed by atoms with E-state index in [-0.39, 0.29) is 28.5 Å². The summed E-state index contributed by atoms with van der Waals surface area (Å²) >= 11 is 0. The molecule has 2 aliphatic carbocycles. The van der Waals surface area contributed by atoms with E-state index in [2.05, 4.69) is 20.3 Å². The van der Waals surface area contributed by atoms with Crippen LogP contribution in [0, 0.1) is 0 Å². The van der Waals surface area contributed by atoms with Crippen LogP contribution in [0.15, 0.2) is 30.6 Å². The first kappa shape index (κ1) is 25.0. The molecular weight excluding hydrogens is 506 g/mol. The van der Waals surface area contributed by atoms with E-state index in [0.717, 1.165) is 23.8 Å². The van der Waals surface area contributed by atoms with Gasteiger partial charge >= 0.3 is 5.97 Å². The fourth-order valence-corrected chi connectivity index (χ4v) is 7.38. The molecule has 3 aliphatic rings. The van der Waals surface area contributed by atoms with Crippen molar-refractivity contribution in [3.8, 4) is 5.88 Å². The summed E-state index contributed by atoms with van der Waals surface area (Å²) in [5, 5.41) is 4.29. The first-order valence-electron chi connectivity index (χ1n) is 12.9. The molecule has 0 radical (unpaired) electrons. The van der Waals surface area contributed by atoms with Crippen LogP contribution < -0.4 is 15.8 Å². The molecule has 0 unspecified atom stereocenters. The van der Waals surface area contributed by atoms with Crippen LogP contribution in [0.1, 0.15) is 74.0 Å². The summed E-state index contributed by atoms with van der Waals surface area (Å²) in [6.45, 7) is 6.08. The van der Waals surface area contributed by atoms with Gasteiger partial charge in [0.2, 0.25) is 5.88 Å². The quantitative estimate of drug-likeness (QED) is 0.427. The third-order valence-electron chi connectivity index (χ3n) is 7.55. The van der Waals surface area contributed by atoms with Gasteiger partial charge < -0.3 is 20.5 Å². The van der Waals surface area contributed by atoms with Crippen LogP contribution in [-0.2, 0) is 20.1 Å². The summed E-state index contributed by atoms with van der Waals surface area (Å²) in [4.78, 5) is 25.8. The topological polar surface area (TPSA) is 146 Å². The van der Waals surface area contributed by atoms with Gasteiger partial charge in [0.05, 0.1) is 33.8 Å². The van der Waals surface area contributed by atoms with E-state index < -0.39 is 15.4 Å². The van der Waals surface area contributed by atoms with E-state index >= 15 is 0 Å². The van der Waals surface area contributed by atoms with Crippen LogP contribution in [0.5, 0.6) is 5.88 Å². The molecule has 200 valence electrons. The molecule has 38 heavy (non-hydrogen) atoms. The zero-order valence-electron chi connectivity index (χ0n) is 21.6. The van der Waals surface area contributed by atoms with Crippen molar-refractivity contribution in [1.82, 2.24) is 15.0 Å². The predicted octanol–water partition coefficient (Wildman–Crippen LogP) is 3.72. The Labute approximate surface area is 221 Å². The van der Waals surface area contributed by atoms with E-state index in [0.29, 0.717) is 53.6 Å². The molecule has 1 aliphatic heterocycles. The van der Waals surface area contributed by atoms with Gasteiger partial charge in [0.1, 0.15) is 17.7 Å². The number of ether oxygens (including phenoxy) is 2. The van der Waals surface area contributed by atoms with Gasteiger partial charge in [-0.05, 0) is 55.8 Å². The Morgan fingerprint density at radius 3 is 2.55 bits per heavy atom. The molecule has 0 spiro atoms. The largest absolute Gasteiger partial charge is 0.474 e. The van der Waals surface area contributed by atoms with E-state index in [1.165, 1.54) is 0 Å². The monoisotopic (exact) mass is 537 g/mol. The lowest BCUT2D eigenvalue weighted by Gasteiger charge is -2.35. The number of nitrogens with one attached hydrogen (secondary N) is 1. The molecule has 0 bridgehead atoms. The van der Waals surface area contributed by atoms with Crippen molar-refractivity contribution in [1.29, 1.82) is 0 Å². The zero-order valence-corrected chi connectivity index (χ0v) is 22.4. The first-order valence-corrected chi connectivity index (χ1v) is 14.5. The molecule has 10 nitrogen and oxygen atoms in total. The second-order valence-corrected chi connectivity index (χ2v) is 13.7. The van der Waals surface area contributed by atoms with Crippen LogP contribution in [0.3, 0.4) is 0 Å². The average molecular weight is 538 g/mol. The van der Waals surface area contributed by atoms with E-state index in [1.807, 2.05) is 26.8 Å². The Morgan fingerprint density at radius 1 is 1.08 bits per heavy atom. The number of carbonyl (C=O) groups excluding carboxylic acids is 1. The molecule has 6 rings (SSSR count). The molecule has 4 heterocycles. The number of anilines is 2. The van der Waals surface area contributed by atoms with Crippen molar-refractivity contribution in [2.75, 3.05) is 11.9 Å². The van der Waals surface area contributed by atoms with Gasteiger partial charge in [0.25, 0.3) is 0 Å². The Kier molecular flexibility index (Phi) is 5.84. The van der Waals surface area contributed by atoms with E-state index in [9.17, 15) is 13.2 Å². The highest BCUT2D eigenvalue weighted by Gasteiger charge is 2.47. The average Bonchev–Trinajstić information content (AvgIpc) is 3.69. The zero-order chi connectivity index (χ0) is 26.8. The number of carbonyl (C=O) groups is 1. The van der Waals surface area contributed by atoms with E-state index in [1.54, 1.807) is 24.5 Å². The van der Waals surface area contributed by atoms with Gasteiger partial charge in [-0.15, -0.1) is 0 Å². The standard InChI is InChI=1S/C27H31N5O5S/c1-14-13-36-26(33)18-6-7-22(32-24(14)18)31-23-10-19-20(11-29-23)25(30-12-21(19)27(2,3)28)37-15-8-17(9-15)38(34,35)16-4-5-16/h6-7,10-12,14-17H,4-5,8-9,13,28H2,1-3H3,(H,29,31,32)/t14-,15-,17+/m0/s1. The lowest BCUT2D eigenvalue weighted by atomic mass is 9.92. The summed E-state index contributed by atoms with van der Waals surface area (Å²) < 4.78 is 36.4. The van der Waals surface area contributed by atoms with Crippen LogP contribution in [0.2, 0.25) is 0 Å². The van der Waals surface area contributed by atoms with Crippen LogP contribution in [0.4, 0.5) is 11.6 Å². The molecule has 0 amide bonds. The number of hydrogen-bond acceptors (Lipinski definition) is 10. The van der Waals surface area contributed by atoms with Crippen molar-refractivity contribution in [2.24, 2.45) is 5.73 Å². The van der Waals surface area contributed by atoms with Gasteiger partial charge in [0, 0.05) is 36.7 Å². The summed E-state index contributed by atoms with van der Waals surface area (Å²) in [6.07, 6.45) is 5.72. The van der Waals surface area contributed by atoms with Crippen LogP contribution in [-0.4, -0.2) is 52.5 Å². The lowest BCUT2D eigenvalue weighted by molar-refractivity contribution is 0.0445. The molecule has 3 N–H and O–H groups in total. The summed E-state index contributed by atoms with van der Waals surface area (Å²) in [7, 11) is -3.04. The summed E-state index contributed by atoms with van der Waals surface area (Å²) in [6, 6.07) is 5.32. The Morgan fingerprint density at radius 2 is 1.84 bits per heavy atom. The van der Waals surface area contributed by atoms with Crippen LogP contribution in [0.25, 0.3) is 10.8 Å². The maximum Gasteiger partial charge on any atom is 0.340 e. The highest BCUT2D eigenvalue weighted by Crippen LogP contribution is 2.41. The molecule has 2 fully saturated rings. The second kappa shape index (κ2) is 8.88. The van der Waals surface area contributed by atoms with Crippen molar-refractivity contribution in [3.05, 3.63) is 47.4 Å². The molecule has 0 aromatic carbocycles. The lowest BCUT2D eigenvalue weighted by Crippen LogP contribution is -2.44. The van der Waals surface area contributed by atoms with Crippen molar-refractivity contribution >= 4 is 38.2 Å². The maximum absolute atomic E-state index is 12.5. The number of esters is 1. The van der Waals surface area contributed by atoms with Gasteiger partial charge in [0.15, 0.2) is 9.84 Å². The number of hydrogen-bond donors (Lipinski definition) is 2. The SMILES string of the molecule is C[C@H]1COC(=O)c2ccc(Nc3cc4c(C(C)(C)N)cnc(O[C@H]5C[C@@H](S(=O)(=O)C6CC6)C5)c4cn3)nc21. The number of fused-ring (bicyclic) bond motifs is 2. The molecule has 2 saturated carbocycles. The molecule has 3 aromatic rings. The molecule has 3 aromatic heterocycles. The minimum absolute atomic E-state index is 0.00481. The smallest absolute Gasteiger partial charge is 0.340 e. The highest BCUT2D eigenvalue weighted by molar-refractivity contribution is 7.93. The Bertz CT molecular complexity index is 1540.